The molecule has 1 aromatic rings. The Balaban J connectivity index is 3.04. The van der Waals surface area contributed by atoms with Crippen LogP contribution in [0.4, 0.5) is 0 Å². The molecule has 0 aliphatic rings. The molecule has 1 unspecified atom stereocenters. The van der Waals surface area contributed by atoms with Gasteiger partial charge in [-0.1, -0.05) is 25.2 Å². The summed E-state index contributed by atoms with van der Waals surface area (Å²) in [6.07, 6.45) is 2.84. The molecule has 3 N–H and O–H groups in total. The van der Waals surface area contributed by atoms with E-state index in [1.165, 1.54) is 0 Å². The van der Waals surface area contributed by atoms with Crippen molar-refractivity contribution in [3.63, 3.8) is 0 Å². The molecule has 0 bridgehead atoms. The molecule has 1 rings (SSSR count). The third-order valence-corrected chi connectivity index (χ3v) is 2.42. The molecule has 12 heavy (non-hydrogen) atoms. The zero-order chi connectivity index (χ0) is 9.14. The van der Waals surface area contributed by atoms with Gasteiger partial charge in [0.25, 0.3) is 0 Å². The number of hydrogen-bond acceptors (Lipinski definition) is 2. The first-order chi connectivity index (χ1) is 5.65. The molecule has 0 radical (unpaired) electrons. The first kappa shape index (κ1) is 9.42. The second kappa shape index (κ2) is 3.83. The van der Waals surface area contributed by atoms with Crippen LogP contribution in [0.15, 0.2) is 12.3 Å². The fourth-order valence-corrected chi connectivity index (χ4v) is 1.19. The van der Waals surface area contributed by atoms with E-state index in [2.05, 4.69) is 11.9 Å². The van der Waals surface area contributed by atoms with Gasteiger partial charge in [0.05, 0.1) is 0 Å². The predicted octanol–water partition coefficient (Wildman–Crippen LogP) is 2.46. The number of nitrogens with one attached hydrogen (secondary N) is 1. The van der Waals surface area contributed by atoms with Crippen LogP contribution >= 0.6 is 12.2 Å². The molecule has 0 saturated carbocycles. The topological polar surface area (TPSA) is 41.8 Å². The largest absolute Gasteiger partial charge is 0.352 e. The van der Waals surface area contributed by atoms with Crippen LogP contribution in [0, 0.1) is 11.6 Å². The van der Waals surface area contributed by atoms with Gasteiger partial charge in [-0.25, -0.2) is 0 Å². The second-order valence-electron chi connectivity index (χ2n) is 2.96. The predicted molar refractivity (Wildman–Crippen MR) is 53.6 cm³/mol. The maximum atomic E-state index is 5.86. The van der Waals surface area contributed by atoms with Crippen LogP contribution in [0.5, 0.6) is 0 Å². The minimum atomic E-state index is 0.121. The summed E-state index contributed by atoms with van der Waals surface area (Å²) in [5.74, 6) is 0. The monoisotopic (exact) mass is 182 g/mol. The second-order valence-corrected chi connectivity index (χ2v) is 3.37. The number of aromatic amines is 1. The van der Waals surface area contributed by atoms with Gasteiger partial charge in [0, 0.05) is 12.2 Å². The molecule has 1 heterocycles. The Morgan fingerprint density at radius 3 is 2.83 bits per heavy atom. The van der Waals surface area contributed by atoms with Crippen molar-refractivity contribution in [2.24, 2.45) is 5.73 Å². The fraction of sp³-hybridized carbons (Fsp3) is 0.444. The van der Waals surface area contributed by atoms with Crippen molar-refractivity contribution >= 4 is 12.2 Å². The van der Waals surface area contributed by atoms with Crippen molar-refractivity contribution in [1.82, 2.24) is 4.98 Å². The van der Waals surface area contributed by atoms with Gasteiger partial charge in [0.2, 0.25) is 0 Å². The molecule has 0 aromatic carbocycles. The standard InChI is InChI=1S/C9H14N2S/c1-3-8(10)7-4-6(2)9(12)11-5-7/h4-5,8H,3,10H2,1-2H3,(H,11,12). The summed E-state index contributed by atoms with van der Waals surface area (Å²) < 4.78 is 0.794. The van der Waals surface area contributed by atoms with Crippen molar-refractivity contribution in [3.05, 3.63) is 28.0 Å². The summed E-state index contributed by atoms with van der Waals surface area (Å²) in [5.41, 5.74) is 8.08. The van der Waals surface area contributed by atoms with Gasteiger partial charge >= 0.3 is 0 Å². The third kappa shape index (κ3) is 1.93. The molecular formula is C9H14N2S. The van der Waals surface area contributed by atoms with Crippen molar-refractivity contribution in [2.45, 2.75) is 26.3 Å². The lowest BCUT2D eigenvalue weighted by atomic mass is 10.1. The average molecular weight is 182 g/mol. The first-order valence-corrected chi connectivity index (χ1v) is 4.50. The van der Waals surface area contributed by atoms with E-state index in [9.17, 15) is 0 Å². The highest BCUT2D eigenvalue weighted by Gasteiger charge is 2.02. The van der Waals surface area contributed by atoms with E-state index in [0.717, 1.165) is 22.2 Å². The van der Waals surface area contributed by atoms with Crippen LogP contribution in [-0.4, -0.2) is 4.98 Å². The van der Waals surface area contributed by atoms with Gasteiger partial charge in [0.1, 0.15) is 4.64 Å². The van der Waals surface area contributed by atoms with Crippen LogP contribution < -0.4 is 5.73 Å². The summed E-state index contributed by atoms with van der Waals surface area (Å²) >= 11 is 5.04. The molecule has 0 spiro atoms. The van der Waals surface area contributed by atoms with Crippen LogP contribution in [0.25, 0.3) is 0 Å². The Kier molecular flexibility index (Phi) is 3.00. The lowest BCUT2D eigenvalue weighted by Crippen LogP contribution is -2.09. The summed E-state index contributed by atoms with van der Waals surface area (Å²) in [6, 6.07) is 2.17. The molecular weight excluding hydrogens is 168 g/mol. The highest BCUT2D eigenvalue weighted by molar-refractivity contribution is 7.71. The van der Waals surface area contributed by atoms with Crippen LogP contribution in [0.3, 0.4) is 0 Å². The van der Waals surface area contributed by atoms with Gasteiger partial charge in [-0.05, 0) is 24.5 Å². The quantitative estimate of drug-likeness (QED) is 0.690. The number of aromatic nitrogens is 1. The molecule has 3 heteroatoms. The highest BCUT2D eigenvalue weighted by Crippen LogP contribution is 2.13. The van der Waals surface area contributed by atoms with E-state index >= 15 is 0 Å². The zero-order valence-corrected chi connectivity index (χ0v) is 8.24. The van der Waals surface area contributed by atoms with E-state index in [-0.39, 0.29) is 6.04 Å². The van der Waals surface area contributed by atoms with E-state index < -0.39 is 0 Å². The Morgan fingerprint density at radius 1 is 1.67 bits per heavy atom. The summed E-state index contributed by atoms with van der Waals surface area (Å²) in [7, 11) is 0. The average Bonchev–Trinajstić information content (AvgIpc) is 2.08. The van der Waals surface area contributed by atoms with Crippen molar-refractivity contribution in [1.29, 1.82) is 0 Å². The maximum Gasteiger partial charge on any atom is 0.106 e. The molecule has 2 nitrogen and oxygen atoms in total. The molecule has 0 amide bonds. The number of aryl methyl sites for hydroxylation is 1. The molecule has 0 saturated heterocycles. The molecule has 0 aliphatic heterocycles. The summed E-state index contributed by atoms with van der Waals surface area (Å²) in [4.78, 5) is 3.02. The van der Waals surface area contributed by atoms with Crippen LogP contribution in [0.2, 0.25) is 0 Å². The number of hydrogen-bond donors (Lipinski definition) is 2. The molecule has 0 aliphatic carbocycles. The third-order valence-electron chi connectivity index (χ3n) is 1.98. The number of nitrogens with two attached hydrogens (primary N) is 1. The Bertz CT molecular complexity index is 317. The van der Waals surface area contributed by atoms with Gasteiger partial charge in [-0.2, -0.15) is 0 Å². The Morgan fingerprint density at radius 2 is 2.33 bits per heavy atom. The van der Waals surface area contributed by atoms with E-state index in [4.69, 9.17) is 18.0 Å². The molecule has 0 fully saturated rings. The lowest BCUT2D eigenvalue weighted by Gasteiger charge is -2.09. The summed E-state index contributed by atoms with van der Waals surface area (Å²) in [5, 5.41) is 0. The lowest BCUT2D eigenvalue weighted by molar-refractivity contribution is 0.694. The maximum absolute atomic E-state index is 5.86. The van der Waals surface area contributed by atoms with Crippen molar-refractivity contribution in [2.75, 3.05) is 0 Å². The minimum absolute atomic E-state index is 0.121. The molecule has 66 valence electrons. The number of pyridine rings is 1. The van der Waals surface area contributed by atoms with E-state index in [0.29, 0.717) is 0 Å². The normalized spacial score (nSPS) is 12.9. The van der Waals surface area contributed by atoms with Gasteiger partial charge in [0.15, 0.2) is 0 Å². The van der Waals surface area contributed by atoms with Gasteiger partial charge in [-0.15, -0.1) is 0 Å². The fourth-order valence-electron chi connectivity index (χ4n) is 1.07. The SMILES string of the molecule is CCC(N)c1c[nH]c(=S)c(C)c1. The smallest absolute Gasteiger partial charge is 0.106 e. The zero-order valence-electron chi connectivity index (χ0n) is 7.42. The van der Waals surface area contributed by atoms with Crippen LogP contribution in [-0.2, 0) is 0 Å². The van der Waals surface area contributed by atoms with Crippen LogP contribution in [0.1, 0.15) is 30.5 Å². The summed E-state index contributed by atoms with van der Waals surface area (Å²) in [6.45, 7) is 4.06. The van der Waals surface area contributed by atoms with E-state index in [1.807, 2.05) is 19.2 Å². The molecule has 1 aromatic heterocycles. The first-order valence-electron chi connectivity index (χ1n) is 4.10. The Labute approximate surface area is 77.8 Å². The number of rotatable bonds is 2. The Hall–Kier alpha value is -0.670. The van der Waals surface area contributed by atoms with Gasteiger partial charge in [-0.3, -0.25) is 0 Å². The number of H-pyrrole nitrogens is 1. The van der Waals surface area contributed by atoms with Crippen molar-refractivity contribution in [3.8, 4) is 0 Å². The molecule has 1 atom stereocenters. The van der Waals surface area contributed by atoms with Crippen molar-refractivity contribution < 1.29 is 0 Å². The minimum Gasteiger partial charge on any atom is -0.352 e. The van der Waals surface area contributed by atoms with E-state index in [1.54, 1.807) is 0 Å². The highest BCUT2D eigenvalue weighted by atomic mass is 32.1. The van der Waals surface area contributed by atoms with Gasteiger partial charge < -0.3 is 10.7 Å².